The van der Waals surface area contributed by atoms with Crippen molar-refractivity contribution in [3.05, 3.63) is 0 Å². The first-order valence-corrected chi connectivity index (χ1v) is 4.08. The number of hydrogen-bond acceptors (Lipinski definition) is 2. The van der Waals surface area contributed by atoms with E-state index in [0.717, 1.165) is 6.54 Å². The molecule has 0 saturated heterocycles. The molecule has 0 heterocycles. The molecule has 0 rings (SSSR count). The number of ether oxygens (including phenoxy) is 1. The summed E-state index contributed by atoms with van der Waals surface area (Å²) >= 11 is 0. The van der Waals surface area contributed by atoms with E-state index in [1.807, 2.05) is 20.8 Å². The van der Waals surface area contributed by atoms with Crippen molar-refractivity contribution in [3.63, 3.8) is 0 Å². The fourth-order valence-electron chi connectivity index (χ4n) is 0. The van der Waals surface area contributed by atoms with Gasteiger partial charge in [-0.05, 0) is 33.2 Å². The van der Waals surface area contributed by atoms with Crippen LogP contribution >= 0.6 is 0 Å². The maximum Gasteiger partial charge on any atom is 0.0594 e. The second-order valence-electron chi connectivity index (χ2n) is 3.95. The minimum atomic E-state index is 0. The largest absolute Gasteiger partial charge is 0.412 e. The van der Waals surface area contributed by atoms with Gasteiger partial charge in [-0.2, -0.15) is 0 Å². The smallest absolute Gasteiger partial charge is 0.0594 e. The highest BCUT2D eigenvalue weighted by Crippen LogP contribution is 2.02. The van der Waals surface area contributed by atoms with E-state index >= 15 is 0 Å². The lowest BCUT2D eigenvalue weighted by Crippen LogP contribution is -2.15. The minimum Gasteiger partial charge on any atom is -0.412 e. The third-order valence-corrected chi connectivity index (χ3v) is 1.08. The molecule has 0 spiro atoms. The van der Waals surface area contributed by atoms with E-state index in [-0.39, 0.29) is 12.5 Å². The van der Waals surface area contributed by atoms with E-state index in [1.54, 1.807) is 7.11 Å². The van der Waals surface area contributed by atoms with Crippen LogP contribution in [0, 0.1) is 5.92 Å². The molecular weight excluding hydrogens is 154 g/mol. The molecule has 0 aromatic carbocycles. The van der Waals surface area contributed by atoms with Gasteiger partial charge in [-0.1, -0.05) is 13.8 Å². The molecule has 3 heteroatoms. The molecule has 0 amide bonds. The van der Waals surface area contributed by atoms with Crippen molar-refractivity contribution in [2.24, 2.45) is 11.7 Å². The highest BCUT2D eigenvalue weighted by Gasteiger charge is 2.03. The van der Waals surface area contributed by atoms with Crippen LogP contribution in [-0.4, -0.2) is 24.7 Å². The van der Waals surface area contributed by atoms with Gasteiger partial charge in [0.1, 0.15) is 0 Å². The molecule has 0 radical (unpaired) electrons. The van der Waals surface area contributed by atoms with Gasteiger partial charge in [-0.3, -0.25) is 0 Å². The number of methoxy groups -OCH3 is 1. The van der Waals surface area contributed by atoms with Gasteiger partial charge in [0.05, 0.1) is 5.60 Å². The second kappa shape index (κ2) is 8.97. The molecule has 0 aliphatic heterocycles. The normalized spacial score (nSPS) is 10.0. The van der Waals surface area contributed by atoms with Gasteiger partial charge in [0.15, 0.2) is 0 Å². The maximum absolute atomic E-state index is 5.17. The molecule has 0 fully saturated rings. The van der Waals surface area contributed by atoms with Gasteiger partial charge in [0, 0.05) is 8.54 Å². The summed E-state index contributed by atoms with van der Waals surface area (Å²) in [6, 6.07) is 0. The van der Waals surface area contributed by atoms with E-state index in [1.165, 1.54) is 0 Å². The molecule has 4 N–H and O–H groups in total. The second-order valence-corrected chi connectivity index (χ2v) is 3.95. The van der Waals surface area contributed by atoms with Gasteiger partial charge in [-0.15, -0.1) is 0 Å². The van der Waals surface area contributed by atoms with Crippen molar-refractivity contribution in [1.82, 2.24) is 0 Å². The monoisotopic (exact) mass is 181 g/mol. The quantitative estimate of drug-likeness (QED) is 0.665. The molecule has 0 aromatic heterocycles. The summed E-state index contributed by atoms with van der Waals surface area (Å²) in [5, 5.41) is 0. The molecule has 12 heavy (non-hydrogen) atoms. The van der Waals surface area contributed by atoms with Crippen molar-refractivity contribution in [3.8, 4) is 0 Å². The van der Waals surface area contributed by atoms with Gasteiger partial charge in [0.2, 0.25) is 0 Å². The number of rotatable bonds is 1. The highest BCUT2D eigenvalue weighted by atomic mass is 16.5. The molecule has 80 valence electrons. The van der Waals surface area contributed by atoms with Crippen LogP contribution < -0.4 is 5.73 Å². The van der Waals surface area contributed by atoms with Crippen LogP contribution in [0.5, 0.6) is 0 Å². The van der Waals surface area contributed by atoms with Crippen LogP contribution in [0.25, 0.3) is 0 Å². The van der Waals surface area contributed by atoms with Crippen LogP contribution in [0.4, 0.5) is 0 Å². The van der Waals surface area contributed by atoms with Crippen LogP contribution in [0.15, 0.2) is 0 Å². The Morgan fingerprint density at radius 3 is 1.50 bits per heavy atom. The number of nitrogens with two attached hydrogens (primary N) is 1. The average Bonchev–Trinajstić information content (AvgIpc) is 1.88. The molecule has 0 aliphatic rings. The third kappa shape index (κ3) is 32.7. The summed E-state index contributed by atoms with van der Waals surface area (Å²) in [5.41, 5.74) is 5.21. The summed E-state index contributed by atoms with van der Waals surface area (Å²) in [4.78, 5) is 0. The van der Waals surface area contributed by atoms with Crippen molar-refractivity contribution in [1.29, 1.82) is 0 Å². The lowest BCUT2D eigenvalue weighted by atomic mass is 10.2. The summed E-state index contributed by atoms with van der Waals surface area (Å²) in [7, 11) is 1.71. The fourth-order valence-corrected chi connectivity index (χ4v) is 0. The molecule has 0 bridgehead atoms. The van der Waals surface area contributed by atoms with Gasteiger partial charge in [-0.25, -0.2) is 0 Å². The first kappa shape index (κ1) is 17.8. The lowest BCUT2D eigenvalue weighted by molar-refractivity contribution is 0.0397. The zero-order chi connectivity index (χ0) is 9.49. The zero-order valence-electron chi connectivity index (χ0n) is 9.27. The van der Waals surface area contributed by atoms with Gasteiger partial charge < -0.3 is 15.9 Å². The van der Waals surface area contributed by atoms with Crippen molar-refractivity contribution in [2.75, 3.05) is 13.7 Å². The molecule has 0 aliphatic carbocycles. The molecule has 0 unspecified atom stereocenters. The Balaban J connectivity index is -0.0000000546. The van der Waals surface area contributed by atoms with E-state index in [2.05, 4.69) is 13.8 Å². The standard InChI is InChI=1S/C5H12O.C4H11N.H2O.H2/c1-5(2,3)6-4;1-4(2)3-5;;/h1-4H3;4H,3,5H2,1-2H3;1H2;1H. The SMILES string of the molecule is CC(C)CN.COC(C)(C)C.O.[HH]. The zero-order valence-corrected chi connectivity index (χ0v) is 9.27. The molecular formula is C9H27NO2. The van der Waals surface area contributed by atoms with Gasteiger partial charge in [0.25, 0.3) is 0 Å². The predicted molar refractivity (Wildman–Crippen MR) is 56.4 cm³/mol. The average molecular weight is 181 g/mol. The Morgan fingerprint density at radius 2 is 1.50 bits per heavy atom. The third-order valence-electron chi connectivity index (χ3n) is 1.08. The summed E-state index contributed by atoms with van der Waals surface area (Å²) in [5.74, 6) is 0.662. The van der Waals surface area contributed by atoms with Crippen molar-refractivity contribution in [2.45, 2.75) is 40.2 Å². The predicted octanol–water partition coefficient (Wildman–Crippen LogP) is 1.45. The Hall–Kier alpha value is -0.120. The highest BCUT2D eigenvalue weighted by molar-refractivity contribution is 4.55. The summed E-state index contributed by atoms with van der Waals surface area (Å²) < 4.78 is 4.94. The minimum absolute atomic E-state index is 0. The Bertz CT molecular complexity index is 82.2. The molecule has 3 nitrogen and oxygen atoms in total. The fraction of sp³-hybridized carbons (Fsp3) is 1.00. The first-order valence-electron chi connectivity index (χ1n) is 4.08. The van der Waals surface area contributed by atoms with Crippen molar-refractivity contribution < 1.29 is 11.6 Å². The molecule has 0 saturated carbocycles. The summed E-state index contributed by atoms with van der Waals surface area (Å²) in [6.07, 6.45) is 0. The van der Waals surface area contributed by atoms with Crippen LogP contribution in [-0.2, 0) is 4.74 Å². The number of hydrogen-bond donors (Lipinski definition) is 1. The Labute approximate surface area is 78.1 Å². The van der Waals surface area contributed by atoms with Crippen LogP contribution in [0.2, 0.25) is 0 Å². The lowest BCUT2D eigenvalue weighted by Gasteiger charge is -2.14. The van der Waals surface area contributed by atoms with Crippen LogP contribution in [0.3, 0.4) is 0 Å². The Morgan fingerprint density at radius 1 is 1.33 bits per heavy atom. The molecule has 0 atom stereocenters. The van der Waals surface area contributed by atoms with Gasteiger partial charge >= 0.3 is 0 Å². The van der Waals surface area contributed by atoms with Crippen LogP contribution in [0.1, 0.15) is 36.0 Å². The van der Waals surface area contributed by atoms with E-state index in [4.69, 9.17) is 10.5 Å². The van der Waals surface area contributed by atoms with E-state index in [9.17, 15) is 0 Å². The maximum atomic E-state index is 5.17. The van der Waals surface area contributed by atoms with Crippen molar-refractivity contribution >= 4 is 0 Å². The first-order chi connectivity index (χ1) is 4.83. The topological polar surface area (TPSA) is 66.8 Å². The summed E-state index contributed by atoms with van der Waals surface area (Å²) in [6.45, 7) is 11.1. The molecule has 0 aromatic rings. The Kier molecular flexibility index (Phi) is 13.3. The van der Waals surface area contributed by atoms with E-state index < -0.39 is 0 Å². The van der Waals surface area contributed by atoms with E-state index in [0.29, 0.717) is 5.92 Å².